The van der Waals surface area contributed by atoms with Crippen molar-refractivity contribution in [3.63, 3.8) is 0 Å². The maximum Gasteiger partial charge on any atom is 0.338 e. The minimum Gasteiger partial charge on any atom is -0.478 e. The maximum atomic E-state index is 12.3. The SMILES string of the molecule is CC1(O)CCCC(=O)n2c1c(C(=O)O)c1ccccc12. The summed E-state index contributed by atoms with van der Waals surface area (Å²) in [5.74, 6) is -1.29. The molecule has 1 unspecified atom stereocenters. The number of hydrogen-bond donors (Lipinski definition) is 2. The van der Waals surface area contributed by atoms with Crippen molar-refractivity contribution in [1.82, 2.24) is 4.57 Å². The Morgan fingerprint density at radius 2 is 2.05 bits per heavy atom. The van der Waals surface area contributed by atoms with Crippen LogP contribution in [0.4, 0.5) is 0 Å². The lowest BCUT2D eigenvalue weighted by atomic mass is 9.93. The molecule has 1 atom stereocenters. The highest BCUT2D eigenvalue weighted by molar-refractivity contribution is 6.08. The van der Waals surface area contributed by atoms with Crippen molar-refractivity contribution in [2.24, 2.45) is 0 Å². The van der Waals surface area contributed by atoms with Crippen LogP contribution in [0.2, 0.25) is 0 Å². The van der Waals surface area contributed by atoms with Crippen LogP contribution < -0.4 is 0 Å². The predicted octanol–water partition coefficient (Wildman–Crippen LogP) is 2.37. The van der Waals surface area contributed by atoms with E-state index < -0.39 is 11.6 Å². The highest BCUT2D eigenvalue weighted by atomic mass is 16.4. The number of carbonyl (C=O) groups excluding carboxylic acids is 1. The third-order valence-corrected chi connectivity index (χ3v) is 3.90. The Kier molecular flexibility index (Phi) is 2.69. The first-order chi connectivity index (χ1) is 9.43. The van der Waals surface area contributed by atoms with Crippen LogP contribution in [0.5, 0.6) is 0 Å². The van der Waals surface area contributed by atoms with Gasteiger partial charge in [0.2, 0.25) is 5.91 Å². The minimum atomic E-state index is -1.32. The second-order valence-electron chi connectivity index (χ2n) is 5.40. The molecule has 0 radical (unpaired) electrons. The number of nitrogens with zero attached hydrogens (tertiary/aromatic N) is 1. The molecule has 0 spiro atoms. The predicted molar refractivity (Wildman–Crippen MR) is 72.9 cm³/mol. The first-order valence-corrected chi connectivity index (χ1v) is 6.56. The molecule has 0 saturated heterocycles. The number of aromatic nitrogens is 1. The summed E-state index contributed by atoms with van der Waals surface area (Å²) in [7, 11) is 0. The maximum absolute atomic E-state index is 12.3. The molecule has 2 aromatic rings. The van der Waals surface area contributed by atoms with E-state index >= 15 is 0 Å². The second kappa shape index (κ2) is 4.18. The van der Waals surface area contributed by atoms with Gasteiger partial charge in [0.25, 0.3) is 0 Å². The minimum absolute atomic E-state index is 0.0286. The fourth-order valence-corrected chi connectivity index (χ4v) is 3.04. The fourth-order valence-electron chi connectivity index (χ4n) is 3.04. The molecule has 2 heterocycles. The molecule has 0 saturated carbocycles. The summed E-state index contributed by atoms with van der Waals surface area (Å²) in [6.07, 6.45) is 1.22. The number of para-hydroxylation sites is 1. The second-order valence-corrected chi connectivity index (χ2v) is 5.40. The van der Waals surface area contributed by atoms with Gasteiger partial charge in [-0.3, -0.25) is 9.36 Å². The van der Waals surface area contributed by atoms with Crippen LogP contribution in [-0.4, -0.2) is 26.7 Å². The number of benzene rings is 1. The lowest BCUT2D eigenvalue weighted by Crippen LogP contribution is -2.27. The Balaban J connectivity index is 2.51. The Hall–Kier alpha value is -2.14. The van der Waals surface area contributed by atoms with Gasteiger partial charge in [-0.1, -0.05) is 18.2 Å². The van der Waals surface area contributed by atoms with Gasteiger partial charge in [0.15, 0.2) is 0 Å². The summed E-state index contributed by atoms with van der Waals surface area (Å²) in [5.41, 5.74) is -0.541. The van der Waals surface area contributed by atoms with Crippen molar-refractivity contribution in [1.29, 1.82) is 0 Å². The van der Waals surface area contributed by atoms with E-state index in [1.807, 2.05) is 0 Å². The third-order valence-electron chi connectivity index (χ3n) is 3.90. The van der Waals surface area contributed by atoms with Crippen LogP contribution in [-0.2, 0) is 5.60 Å². The molecule has 104 valence electrons. The van der Waals surface area contributed by atoms with Crippen molar-refractivity contribution < 1.29 is 19.8 Å². The van der Waals surface area contributed by atoms with E-state index in [1.165, 1.54) is 4.57 Å². The van der Waals surface area contributed by atoms with Gasteiger partial charge in [-0.2, -0.15) is 0 Å². The third kappa shape index (κ3) is 1.67. The monoisotopic (exact) mass is 273 g/mol. The zero-order valence-electron chi connectivity index (χ0n) is 11.1. The molecule has 5 heteroatoms. The van der Waals surface area contributed by atoms with Gasteiger partial charge in [-0.15, -0.1) is 0 Å². The lowest BCUT2D eigenvalue weighted by molar-refractivity contribution is 0.0394. The standard InChI is InChI=1S/C15H15NO4/c1-15(20)8-4-7-11(17)16-10-6-3-2-5-9(10)12(13(15)16)14(18)19/h2-3,5-6,20H,4,7-8H2,1H3,(H,18,19). The number of aliphatic hydroxyl groups is 1. The Morgan fingerprint density at radius 1 is 1.35 bits per heavy atom. The van der Waals surface area contributed by atoms with Crippen molar-refractivity contribution in [2.75, 3.05) is 0 Å². The zero-order valence-corrected chi connectivity index (χ0v) is 11.1. The summed E-state index contributed by atoms with van der Waals surface area (Å²) >= 11 is 0. The molecule has 2 N–H and O–H groups in total. The van der Waals surface area contributed by atoms with Crippen LogP contribution in [0.3, 0.4) is 0 Å². The van der Waals surface area contributed by atoms with Crippen molar-refractivity contribution in [3.8, 4) is 0 Å². The molecule has 1 aliphatic heterocycles. The molecule has 1 aromatic heterocycles. The molecule has 0 bridgehead atoms. The van der Waals surface area contributed by atoms with Gasteiger partial charge in [-0.05, 0) is 25.8 Å². The van der Waals surface area contributed by atoms with Crippen molar-refractivity contribution in [3.05, 3.63) is 35.5 Å². The largest absolute Gasteiger partial charge is 0.478 e. The molecular weight excluding hydrogens is 258 g/mol. The van der Waals surface area contributed by atoms with E-state index in [1.54, 1.807) is 31.2 Å². The average molecular weight is 273 g/mol. The van der Waals surface area contributed by atoms with E-state index in [0.717, 1.165) is 0 Å². The van der Waals surface area contributed by atoms with E-state index in [9.17, 15) is 19.8 Å². The highest BCUT2D eigenvalue weighted by Gasteiger charge is 2.38. The Bertz CT molecular complexity index is 727. The molecule has 5 nitrogen and oxygen atoms in total. The van der Waals surface area contributed by atoms with Gasteiger partial charge < -0.3 is 10.2 Å². The van der Waals surface area contributed by atoms with E-state index in [0.29, 0.717) is 30.2 Å². The van der Waals surface area contributed by atoms with Crippen LogP contribution in [0, 0.1) is 0 Å². The topological polar surface area (TPSA) is 79.5 Å². The summed E-state index contributed by atoms with van der Waals surface area (Å²) in [6, 6.07) is 6.87. The number of carboxylic acids is 1. The fraction of sp³-hybridized carbons (Fsp3) is 0.333. The average Bonchev–Trinajstić information content (AvgIpc) is 2.68. The summed E-state index contributed by atoms with van der Waals surface area (Å²) in [4.78, 5) is 23.9. The first-order valence-electron chi connectivity index (χ1n) is 6.56. The number of carboxylic acid groups (broad SMARTS) is 1. The molecule has 1 aliphatic rings. The van der Waals surface area contributed by atoms with E-state index in [2.05, 4.69) is 0 Å². The number of rotatable bonds is 1. The van der Waals surface area contributed by atoms with Crippen molar-refractivity contribution in [2.45, 2.75) is 31.8 Å². The quantitative estimate of drug-likeness (QED) is 0.836. The molecule has 1 aromatic carbocycles. The molecule has 20 heavy (non-hydrogen) atoms. The summed E-state index contributed by atoms with van der Waals surface area (Å²) in [6.45, 7) is 1.57. The summed E-state index contributed by atoms with van der Waals surface area (Å²) < 4.78 is 1.38. The normalized spacial score (nSPS) is 22.6. The van der Waals surface area contributed by atoms with Crippen molar-refractivity contribution >= 4 is 22.8 Å². The van der Waals surface area contributed by atoms with Crippen LogP contribution in [0.25, 0.3) is 10.9 Å². The molecule has 0 amide bonds. The number of carbonyl (C=O) groups is 2. The lowest BCUT2D eigenvalue weighted by Gasteiger charge is -2.22. The van der Waals surface area contributed by atoms with E-state index in [-0.39, 0.29) is 17.2 Å². The van der Waals surface area contributed by atoms with Crippen LogP contribution in [0.1, 0.15) is 47.0 Å². The van der Waals surface area contributed by atoms with Crippen LogP contribution >= 0.6 is 0 Å². The molecular formula is C15H15NO4. The van der Waals surface area contributed by atoms with Gasteiger partial charge in [0.1, 0.15) is 5.60 Å². The number of hydrogen-bond acceptors (Lipinski definition) is 3. The molecule has 0 fully saturated rings. The zero-order chi connectivity index (χ0) is 14.5. The number of aromatic carboxylic acids is 1. The van der Waals surface area contributed by atoms with Crippen LogP contribution in [0.15, 0.2) is 24.3 Å². The van der Waals surface area contributed by atoms with Gasteiger partial charge in [0.05, 0.1) is 16.8 Å². The Morgan fingerprint density at radius 3 is 2.75 bits per heavy atom. The Labute approximate surface area is 115 Å². The smallest absolute Gasteiger partial charge is 0.338 e. The van der Waals surface area contributed by atoms with Gasteiger partial charge in [0, 0.05) is 11.8 Å². The number of fused-ring (bicyclic) bond motifs is 3. The van der Waals surface area contributed by atoms with Gasteiger partial charge >= 0.3 is 5.97 Å². The first kappa shape index (κ1) is 12.9. The molecule has 0 aliphatic carbocycles. The van der Waals surface area contributed by atoms with Gasteiger partial charge in [-0.25, -0.2) is 4.79 Å². The molecule has 3 rings (SSSR count). The summed E-state index contributed by atoms with van der Waals surface area (Å²) in [5, 5.41) is 20.6. The van der Waals surface area contributed by atoms with E-state index in [4.69, 9.17) is 0 Å². The highest BCUT2D eigenvalue weighted by Crippen LogP contribution is 2.38.